The van der Waals surface area contributed by atoms with Gasteiger partial charge in [0.2, 0.25) is 0 Å². The molecule has 0 unspecified atom stereocenters. The summed E-state index contributed by atoms with van der Waals surface area (Å²) >= 11 is 0. The molecule has 3 heterocycles. The van der Waals surface area contributed by atoms with Gasteiger partial charge < -0.3 is 15.3 Å². The highest BCUT2D eigenvalue weighted by atomic mass is 19.1. The zero-order valence-electron chi connectivity index (χ0n) is 17.7. The largest absolute Gasteiger partial charge is 0.354 e. The molecule has 0 spiro atoms. The molecular formula is C25H20FN5O2. The second-order valence-corrected chi connectivity index (χ2v) is 7.83. The predicted octanol–water partition coefficient (Wildman–Crippen LogP) is 4.47. The Morgan fingerprint density at radius 3 is 2.76 bits per heavy atom. The van der Waals surface area contributed by atoms with Crippen LogP contribution < -0.4 is 10.9 Å². The molecule has 0 saturated carbocycles. The number of aromatic nitrogens is 4. The van der Waals surface area contributed by atoms with Crippen LogP contribution >= 0.6 is 0 Å². The first-order valence-electron chi connectivity index (χ1n) is 10.4. The topological polar surface area (TPSA) is 95.6 Å². The van der Waals surface area contributed by atoms with Crippen LogP contribution in [0.4, 0.5) is 10.1 Å². The molecule has 0 saturated heterocycles. The first kappa shape index (κ1) is 20.4. The third kappa shape index (κ3) is 4.18. The van der Waals surface area contributed by atoms with E-state index in [1.165, 1.54) is 18.3 Å². The molecule has 0 aliphatic carbocycles. The summed E-state index contributed by atoms with van der Waals surface area (Å²) in [6, 6.07) is 17.5. The maximum atomic E-state index is 13.4. The van der Waals surface area contributed by atoms with Gasteiger partial charge in [0.15, 0.2) is 0 Å². The number of para-hydroxylation sites is 1. The van der Waals surface area contributed by atoms with Crippen molar-refractivity contribution < 1.29 is 9.18 Å². The van der Waals surface area contributed by atoms with Crippen LogP contribution in [0.15, 0.2) is 77.9 Å². The Kier molecular flexibility index (Phi) is 5.10. The summed E-state index contributed by atoms with van der Waals surface area (Å²) in [6.45, 7) is 2.06. The van der Waals surface area contributed by atoms with Crippen molar-refractivity contribution in [1.82, 2.24) is 19.7 Å². The van der Waals surface area contributed by atoms with Gasteiger partial charge in [0.1, 0.15) is 5.82 Å². The number of hydrogen-bond donors (Lipinski definition) is 3. The highest BCUT2D eigenvalue weighted by Crippen LogP contribution is 2.24. The second kappa shape index (κ2) is 8.23. The molecule has 5 rings (SSSR count). The number of amides is 1. The van der Waals surface area contributed by atoms with Gasteiger partial charge in [-0.15, -0.1) is 0 Å². The number of anilines is 1. The Hall–Kier alpha value is -4.46. The molecule has 8 heteroatoms. The summed E-state index contributed by atoms with van der Waals surface area (Å²) in [5.74, 6) is -0.685. The number of aromatic amines is 2. The number of aryl methyl sites for hydroxylation is 1. The van der Waals surface area contributed by atoms with E-state index in [0.29, 0.717) is 34.7 Å². The van der Waals surface area contributed by atoms with Crippen molar-refractivity contribution in [3.8, 4) is 11.3 Å². The first-order chi connectivity index (χ1) is 16.0. The monoisotopic (exact) mass is 441 g/mol. The fourth-order valence-corrected chi connectivity index (χ4v) is 3.76. The van der Waals surface area contributed by atoms with Crippen molar-refractivity contribution in [1.29, 1.82) is 0 Å². The van der Waals surface area contributed by atoms with Gasteiger partial charge >= 0.3 is 0 Å². The Bertz CT molecular complexity index is 1510. The average Bonchev–Trinajstić information content (AvgIpc) is 3.42. The van der Waals surface area contributed by atoms with Gasteiger partial charge in [0.05, 0.1) is 35.2 Å². The van der Waals surface area contributed by atoms with Crippen LogP contribution in [0.1, 0.15) is 21.6 Å². The van der Waals surface area contributed by atoms with Crippen LogP contribution in [0.25, 0.3) is 22.2 Å². The van der Waals surface area contributed by atoms with E-state index in [-0.39, 0.29) is 17.3 Å². The second-order valence-electron chi connectivity index (χ2n) is 7.83. The summed E-state index contributed by atoms with van der Waals surface area (Å²) in [4.78, 5) is 31.5. The number of hydrogen-bond acceptors (Lipinski definition) is 3. The molecule has 0 bridgehead atoms. The minimum absolute atomic E-state index is 0.250. The maximum Gasteiger partial charge on any atom is 0.258 e. The number of rotatable bonds is 5. The number of benzene rings is 2. The van der Waals surface area contributed by atoms with Crippen LogP contribution in [0, 0.1) is 12.7 Å². The third-order valence-electron chi connectivity index (χ3n) is 5.44. The molecule has 2 aromatic carbocycles. The van der Waals surface area contributed by atoms with Gasteiger partial charge in [-0.3, -0.25) is 14.3 Å². The van der Waals surface area contributed by atoms with E-state index in [1.54, 1.807) is 36.0 Å². The molecule has 33 heavy (non-hydrogen) atoms. The minimum Gasteiger partial charge on any atom is -0.354 e. The van der Waals surface area contributed by atoms with Crippen molar-refractivity contribution in [2.45, 2.75) is 13.5 Å². The molecule has 3 N–H and O–H groups in total. The Morgan fingerprint density at radius 2 is 1.94 bits per heavy atom. The number of pyridine rings is 1. The first-order valence-corrected chi connectivity index (χ1v) is 10.4. The van der Waals surface area contributed by atoms with Crippen molar-refractivity contribution in [2.24, 2.45) is 0 Å². The molecule has 1 amide bonds. The molecular weight excluding hydrogens is 421 g/mol. The predicted molar refractivity (Wildman–Crippen MR) is 125 cm³/mol. The normalized spacial score (nSPS) is 11.1. The van der Waals surface area contributed by atoms with E-state index in [1.807, 2.05) is 30.3 Å². The summed E-state index contributed by atoms with van der Waals surface area (Å²) in [5, 5.41) is 8.04. The number of H-pyrrole nitrogens is 2. The molecule has 0 aliphatic heterocycles. The molecule has 3 aromatic heterocycles. The molecule has 5 aromatic rings. The number of nitrogens with one attached hydrogen (secondary N) is 3. The van der Waals surface area contributed by atoms with Gasteiger partial charge in [-0.25, -0.2) is 4.39 Å². The number of fused-ring (bicyclic) bond motifs is 1. The lowest BCUT2D eigenvalue weighted by molar-refractivity contribution is 0.102. The fraction of sp³-hybridized carbons (Fsp3) is 0.0800. The maximum absolute atomic E-state index is 13.4. The van der Waals surface area contributed by atoms with E-state index in [0.717, 1.165) is 16.5 Å². The smallest absolute Gasteiger partial charge is 0.258 e. The number of carbonyl (C=O) groups is 1. The third-order valence-corrected chi connectivity index (χ3v) is 5.44. The van der Waals surface area contributed by atoms with Crippen LogP contribution in [0.3, 0.4) is 0 Å². The van der Waals surface area contributed by atoms with Crippen LogP contribution in [0.5, 0.6) is 0 Å². The summed E-state index contributed by atoms with van der Waals surface area (Å²) in [7, 11) is 0. The highest BCUT2D eigenvalue weighted by molar-refractivity contribution is 6.04. The summed E-state index contributed by atoms with van der Waals surface area (Å²) < 4.78 is 15.0. The lowest BCUT2D eigenvalue weighted by Gasteiger charge is -2.09. The Labute approximate surface area is 187 Å². The number of nitrogens with zero attached hydrogens (tertiary/aromatic N) is 2. The zero-order chi connectivity index (χ0) is 22.9. The SMILES string of the molecule is Cc1[nH]c(=O)c(-c2cc3ccccc3[nH]2)cc1NC(=O)c1cnn(Cc2cccc(F)c2)c1. The van der Waals surface area contributed by atoms with Crippen LogP contribution in [-0.4, -0.2) is 25.7 Å². The molecule has 0 atom stereocenters. The van der Waals surface area contributed by atoms with Gasteiger partial charge in [-0.1, -0.05) is 30.3 Å². The Morgan fingerprint density at radius 1 is 1.09 bits per heavy atom. The average molecular weight is 441 g/mol. The van der Waals surface area contributed by atoms with E-state index in [4.69, 9.17) is 0 Å². The van der Waals surface area contributed by atoms with Crippen molar-refractivity contribution >= 4 is 22.5 Å². The molecule has 7 nitrogen and oxygen atoms in total. The highest BCUT2D eigenvalue weighted by Gasteiger charge is 2.15. The Balaban J connectivity index is 1.39. The summed E-state index contributed by atoms with van der Waals surface area (Å²) in [6.07, 6.45) is 3.05. The number of halogens is 1. The zero-order valence-corrected chi connectivity index (χ0v) is 17.7. The van der Waals surface area contributed by atoms with E-state index < -0.39 is 0 Å². The quantitative estimate of drug-likeness (QED) is 0.376. The molecule has 0 fully saturated rings. The van der Waals surface area contributed by atoms with Crippen LogP contribution in [0.2, 0.25) is 0 Å². The van der Waals surface area contributed by atoms with Gasteiger partial charge in [0, 0.05) is 22.8 Å². The molecule has 164 valence electrons. The van der Waals surface area contributed by atoms with Gasteiger partial charge in [-0.2, -0.15) is 5.10 Å². The standard InChI is InChI=1S/C25H20FN5O2/c1-15-22(11-20(25(33)28-15)23-10-17-6-2-3-8-21(17)29-23)30-24(32)18-12-27-31(14-18)13-16-5-4-7-19(26)9-16/h2-12,14,29H,13H2,1H3,(H,28,33)(H,30,32). The molecule has 0 aliphatic rings. The van der Waals surface area contributed by atoms with E-state index in [9.17, 15) is 14.0 Å². The van der Waals surface area contributed by atoms with Crippen molar-refractivity contribution in [3.05, 3.63) is 106 Å². The van der Waals surface area contributed by atoms with Crippen molar-refractivity contribution in [3.63, 3.8) is 0 Å². The van der Waals surface area contributed by atoms with E-state index in [2.05, 4.69) is 20.4 Å². The van der Waals surface area contributed by atoms with E-state index >= 15 is 0 Å². The van der Waals surface area contributed by atoms with Gasteiger partial charge in [0.25, 0.3) is 11.5 Å². The lowest BCUT2D eigenvalue weighted by atomic mass is 10.1. The van der Waals surface area contributed by atoms with Crippen molar-refractivity contribution in [2.75, 3.05) is 5.32 Å². The summed E-state index contributed by atoms with van der Waals surface area (Å²) in [5.41, 5.74) is 3.88. The fourth-order valence-electron chi connectivity index (χ4n) is 3.76. The lowest BCUT2D eigenvalue weighted by Crippen LogP contribution is -2.17. The minimum atomic E-state index is -0.363. The van der Waals surface area contributed by atoms with Gasteiger partial charge in [-0.05, 0) is 42.8 Å². The number of carbonyl (C=O) groups excluding carboxylic acids is 1. The van der Waals surface area contributed by atoms with Crippen LogP contribution in [-0.2, 0) is 6.54 Å². The molecule has 0 radical (unpaired) electrons.